The molecule has 2 atom stereocenters. The Hall–Kier alpha value is -0.690. The maximum absolute atomic E-state index is 11.7. The molecule has 0 bridgehead atoms. The maximum Gasteiger partial charge on any atom is 0.345 e. The standard InChI is InChI=1S/C9H13F2NO/c10-9(11)13-6-8-2-1-7(5-8)3-4-12/h7-9H,1-3,5-6H2. The summed E-state index contributed by atoms with van der Waals surface area (Å²) in [4.78, 5) is 0. The third-order valence-electron chi connectivity index (χ3n) is 2.49. The van der Waals surface area contributed by atoms with E-state index in [1.807, 2.05) is 0 Å². The Labute approximate surface area is 76.5 Å². The van der Waals surface area contributed by atoms with E-state index in [2.05, 4.69) is 10.8 Å². The molecule has 0 aromatic rings. The van der Waals surface area contributed by atoms with Crippen LogP contribution in [0, 0.1) is 23.2 Å². The molecular formula is C9H13F2NO. The molecule has 0 aromatic carbocycles. The van der Waals surface area contributed by atoms with Crippen molar-refractivity contribution in [1.29, 1.82) is 5.26 Å². The van der Waals surface area contributed by atoms with E-state index in [1.165, 1.54) is 0 Å². The highest BCUT2D eigenvalue weighted by molar-refractivity contribution is 4.82. The number of hydrogen-bond donors (Lipinski definition) is 0. The summed E-state index contributed by atoms with van der Waals surface area (Å²) < 4.78 is 27.6. The quantitative estimate of drug-likeness (QED) is 0.680. The van der Waals surface area contributed by atoms with Crippen molar-refractivity contribution in [2.45, 2.75) is 32.3 Å². The molecule has 0 aliphatic heterocycles. The van der Waals surface area contributed by atoms with Crippen LogP contribution in [0.3, 0.4) is 0 Å². The van der Waals surface area contributed by atoms with Crippen LogP contribution in [0.2, 0.25) is 0 Å². The summed E-state index contributed by atoms with van der Waals surface area (Å²) in [5, 5.41) is 8.43. The van der Waals surface area contributed by atoms with Crippen LogP contribution in [0.25, 0.3) is 0 Å². The van der Waals surface area contributed by atoms with Gasteiger partial charge in [-0.3, -0.25) is 0 Å². The predicted octanol–water partition coefficient (Wildman–Crippen LogP) is 2.56. The van der Waals surface area contributed by atoms with Crippen molar-refractivity contribution in [1.82, 2.24) is 0 Å². The van der Waals surface area contributed by atoms with E-state index < -0.39 is 6.61 Å². The van der Waals surface area contributed by atoms with Gasteiger partial charge in [-0.05, 0) is 31.1 Å². The van der Waals surface area contributed by atoms with Crippen LogP contribution in [-0.4, -0.2) is 13.2 Å². The van der Waals surface area contributed by atoms with E-state index >= 15 is 0 Å². The van der Waals surface area contributed by atoms with Crippen molar-refractivity contribution in [3.63, 3.8) is 0 Å². The zero-order valence-electron chi connectivity index (χ0n) is 7.38. The SMILES string of the molecule is N#CCC1CCC(COC(F)F)C1. The first-order chi connectivity index (χ1) is 6.22. The molecule has 0 aromatic heterocycles. The Bertz CT molecular complexity index is 191. The topological polar surface area (TPSA) is 33.0 Å². The first kappa shape index (κ1) is 10.4. The summed E-state index contributed by atoms with van der Waals surface area (Å²) in [6, 6.07) is 2.11. The predicted molar refractivity (Wildman–Crippen MR) is 43.0 cm³/mol. The number of ether oxygens (including phenoxy) is 1. The van der Waals surface area contributed by atoms with Crippen molar-refractivity contribution in [3.8, 4) is 6.07 Å². The van der Waals surface area contributed by atoms with Gasteiger partial charge < -0.3 is 4.74 Å². The van der Waals surface area contributed by atoms with Crippen LogP contribution in [0.4, 0.5) is 8.78 Å². The molecule has 1 saturated carbocycles. The van der Waals surface area contributed by atoms with E-state index in [4.69, 9.17) is 5.26 Å². The molecule has 0 heterocycles. The second-order valence-corrected chi connectivity index (χ2v) is 3.50. The minimum atomic E-state index is -2.66. The Morgan fingerprint density at radius 1 is 1.38 bits per heavy atom. The third-order valence-corrected chi connectivity index (χ3v) is 2.49. The molecule has 0 saturated heterocycles. The molecule has 74 valence electrons. The number of rotatable bonds is 4. The van der Waals surface area contributed by atoms with Gasteiger partial charge in [0.25, 0.3) is 0 Å². The number of nitriles is 1. The number of alkyl halides is 2. The van der Waals surface area contributed by atoms with Crippen molar-refractivity contribution < 1.29 is 13.5 Å². The van der Waals surface area contributed by atoms with Gasteiger partial charge >= 0.3 is 6.61 Å². The molecule has 13 heavy (non-hydrogen) atoms. The summed E-state index contributed by atoms with van der Waals surface area (Å²) in [7, 11) is 0. The average Bonchev–Trinajstić information content (AvgIpc) is 2.50. The molecule has 1 fully saturated rings. The fraction of sp³-hybridized carbons (Fsp3) is 0.889. The van der Waals surface area contributed by atoms with Gasteiger partial charge in [0, 0.05) is 6.42 Å². The molecule has 0 amide bonds. The molecule has 4 heteroatoms. The van der Waals surface area contributed by atoms with Crippen molar-refractivity contribution in [2.75, 3.05) is 6.61 Å². The van der Waals surface area contributed by atoms with E-state index in [1.54, 1.807) is 0 Å². The fourth-order valence-electron chi connectivity index (χ4n) is 1.85. The zero-order chi connectivity index (χ0) is 9.68. The second-order valence-electron chi connectivity index (χ2n) is 3.50. The normalized spacial score (nSPS) is 27.8. The molecule has 0 N–H and O–H groups in total. The van der Waals surface area contributed by atoms with Crippen LogP contribution in [0.5, 0.6) is 0 Å². The van der Waals surface area contributed by atoms with Gasteiger partial charge in [0.05, 0.1) is 12.7 Å². The van der Waals surface area contributed by atoms with Crippen LogP contribution in [-0.2, 0) is 4.74 Å². The first-order valence-corrected chi connectivity index (χ1v) is 4.49. The van der Waals surface area contributed by atoms with E-state index in [0.29, 0.717) is 12.3 Å². The molecule has 2 unspecified atom stereocenters. The average molecular weight is 189 g/mol. The van der Waals surface area contributed by atoms with Gasteiger partial charge in [0.2, 0.25) is 0 Å². The lowest BCUT2D eigenvalue weighted by Gasteiger charge is -2.09. The number of hydrogen-bond acceptors (Lipinski definition) is 2. The molecule has 1 rings (SSSR count). The van der Waals surface area contributed by atoms with Crippen molar-refractivity contribution in [3.05, 3.63) is 0 Å². The summed E-state index contributed by atoms with van der Waals surface area (Å²) in [6.45, 7) is -2.52. The lowest BCUT2D eigenvalue weighted by molar-refractivity contribution is -0.137. The summed E-state index contributed by atoms with van der Waals surface area (Å²) in [5.74, 6) is 0.628. The van der Waals surface area contributed by atoms with Gasteiger partial charge in [-0.1, -0.05) is 0 Å². The van der Waals surface area contributed by atoms with Crippen molar-refractivity contribution in [2.24, 2.45) is 11.8 Å². The maximum atomic E-state index is 11.7. The monoisotopic (exact) mass is 189 g/mol. The minimum absolute atomic E-state index is 0.138. The Morgan fingerprint density at radius 3 is 2.69 bits per heavy atom. The van der Waals surface area contributed by atoms with Crippen LogP contribution in [0.1, 0.15) is 25.7 Å². The second kappa shape index (κ2) is 5.13. The number of halogens is 2. The van der Waals surface area contributed by atoms with Crippen LogP contribution >= 0.6 is 0 Å². The molecular weight excluding hydrogens is 176 g/mol. The molecule has 1 aliphatic rings. The summed E-state index contributed by atoms with van der Waals surface area (Å²) in [5.41, 5.74) is 0. The van der Waals surface area contributed by atoms with Gasteiger partial charge in [-0.2, -0.15) is 14.0 Å². The van der Waals surface area contributed by atoms with Gasteiger partial charge in [-0.15, -0.1) is 0 Å². The highest BCUT2D eigenvalue weighted by Crippen LogP contribution is 2.33. The highest BCUT2D eigenvalue weighted by atomic mass is 19.3. The Morgan fingerprint density at radius 2 is 2.08 bits per heavy atom. The smallest absolute Gasteiger partial charge is 0.323 e. The number of nitrogens with zero attached hydrogens (tertiary/aromatic N) is 1. The van der Waals surface area contributed by atoms with Gasteiger partial charge in [-0.25, -0.2) is 0 Å². The van der Waals surface area contributed by atoms with Gasteiger partial charge in [0.1, 0.15) is 0 Å². The lowest BCUT2D eigenvalue weighted by atomic mass is 10.0. The zero-order valence-corrected chi connectivity index (χ0v) is 7.38. The highest BCUT2D eigenvalue weighted by Gasteiger charge is 2.25. The van der Waals surface area contributed by atoms with Crippen LogP contribution in [0.15, 0.2) is 0 Å². The Kier molecular flexibility index (Phi) is 4.10. The molecule has 2 nitrogen and oxygen atoms in total. The Balaban J connectivity index is 2.14. The third kappa shape index (κ3) is 3.69. The van der Waals surface area contributed by atoms with E-state index in [0.717, 1.165) is 19.3 Å². The van der Waals surface area contributed by atoms with Gasteiger partial charge in [0.15, 0.2) is 0 Å². The fourth-order valence-corrected chi connectivity index (χ4v) is 1.85. The molecule has 0 spiro atoms. The summed E-state index contributed by atoms with van der Waals surface area (Å²) >= 11 is 0. The minimum Gasteiger partial charge on any atom is -0.323 e. The molecule has 1 aliphatic carbocycles. The van der Waals surface area contributed by atoms with E-state index in [-0.39, 0.29) is 12.5 Å². The lowest BCUT2D eigenvalue weighted by Crippen LogP contribution is -2.09. The largest absolute Gasteiger partial charge is 0.345 e. The first-order valence-electron chi connectivity index (χ1n) is 4.49. The van der Waals surface area contributed by atoms with Crippen molar-refractivity contribution >= 4 is 0 Å². The summed E-state index contributed by atoms with van der Waals surface area (Å²) in [6.07, 6.45) is 3.30. The van der Waals surface area contributed by atoms with E-state index in [9.17, 15) is 8.78 Å². The van der Waals surface area contributed by atoms with Crippen LogP contribution < -0.4 is 0 Å². The molecule has 0 radical (unpaired) electrons.